The Morgan fingerprint density at radius 2 is 2.08 bits per heavy atom. The molecule has 1 aromatic carbocycles. The van der Waals surface area contributed by atoms with Gasteiger partial charge in [0.25, 0.3) is 5.56 Å². The van der Waals surface area contributed by atoms with E-state index in [1.165, 1.54) is 0 Å². The minimum absolute atomic E-state index is 0.0796. The molecule has 0 atom stereocenters. The van der Waals surface area contributed by atoms with Gasteiger partial charge in [-0.15, -0.1) is 0 Å². The second-order valence-electron chi connectivity index (χ2n) is 6.30. The first-order valence-corrected chi connectivity index (χ1v) is 8.31. The van der Waals surface area contributed by atoms with Gasteiger partial charge in [-0.1, -0.05) is 12.1 Å². The Hall–Kier alpha value is -2.95. The number of rotatable bonds is 5. The first-order chi connectivity index (χ1) is 12.0. The van der Waals surface area contributed by atoms with Crippen LogP contribution in [0.15, 0.2) is 47.5 Å². The molecule has 2 N–H and O–H groups in total. The molecule has 3 aromatic rings. The van der Waals surface area contributed by atoms with Gasteiger partial charge in [0, 0.05) is 41.8 Å². The fourth-order valence-electron chi connectivity index (χ4n) is 2.94. The van der Waals surface area contributed by atoms with Crippen LogP contribution in [0.2, 0.25) is 0 Å². The minimum Gasteiger partial charge on any atom is -0.352 e. The fraction of sp³-hybridized carbons (Fsp3) is 0.250. The predicted octanol–water partition coefficient (Wildman–Crippen LogP) is 2.79. The molecule has 2 heterocycles. The van der Waals surface area contributed by atoms with Crippen LogP contribution < -0.4 is 10.9 Å². The molecule has 128 valence electrons. The smallest absolute Gasteiger partial charge is 0.251 e. The largest absolute Gasteiger partial charge is 0.352 e. The van der Waals surface area contributed by atoms with Crippen LogP contribution in [0.4, 0.5) is 0 Å². The van der Waals surface area contributed by atoms with Crippen LogP contribution >= 0.6 is 0 Å². The van der Waals surface area contributed by atoms with Gasteiger partial charge in [-0.2, -0.15) is 0 Å². The molecular weight excluding hydrogens is 314 g/mol. The standard InChI is InChI=1S/C20H21N3O2/c1-13-8-14(2)17-10-16(20(25)23-18(17)9-13)5-6-19(24)22-12-15-4-3-7-21-11-15/h3-4,7-11H,5-6,12H2,1-2H3,(H,22,24)(H,23,25). The lowest BCUT2D eigenvalue weighted by atomic mass is 10.0. The van der Waals surface area contributed by atoms with E-state index in [-0.39, 0.29) is 17.9 Å². The molecule has 0 aliphatic carbocycles. The topological polar surface area (TPSA) is 74.8 Å². The van der Waals surface area contributed by atoms with Crippen molar-refractivity contribution < 1.29 is 4.79 Å². The van der Waals surface area contributed by atoms with Crippen LogP contribution in [0.3, 0.4) is 0 Å². The van der Waals surface area contributed by atoms with E-state index in [0.717, 1.165) is 27.6 Å². The average Bonchev–Trinajstić information content (AvgIpc) is 2.59. The maximum Gasteiger partial charge on any atom is 0.251 e. The van der Waals surface area contributed by atoms with Crippen molar-refractivity contribution in [1.29, 1.82) is 0 Å². The highest BCUT2D eigenvalue weighted by atomic mass is 16.1. The number of benzene rings is 1. The van der Waals surface area contributed by atoms with E-state index in [1.807, 2.05) is 38.1 Å². The third-order valence-electron chi connectivity index (χ3n) is 4.22. The number of amides is 1. The Balaban J connectivity index is 1.67. The van der Waals surface area contributed by atoms with E-state index in [4.69, 9.17) is 0 Å². The molecule has 0 saturated heterocycles. The fourth-order valence-corrected chi connectivity index (χ4v) is 2.94. The average molecular weight is 335 g/mol. The van der Waals surface area contributed by atoms with Crippen molar-refractivity contribution in [2.75, 3.05) is 0 Å². The molecule has 3 rings (SSSR count). The van der Waals surface area contributed by atoms with E-state index in [0.29, 0.717) is 18.5 Å². The molecule has 0 aliphatic heterocycles. The van der Waals surface area contributed by atoms with Gasteiger partial charge in [0.1, 0.15) is 0 Å². The van der Waals surface area contributed by atoms with Crippen LogP contribution in [0.1, 0.15) is 28.7 Å². The van der Waals surface area contributed by atoms with Gasteiger partial charge in [-0.3, -0.25) is 14.6 Å². The summed E-state index contributed by atoms with van der Waals surface area (Å²) in [6, 6.07) is 9.70. The number of nitrogens with zero attached hydrogens (tertiary/aromatic N) is 1. The Morgan fingerprint density at radius 1 is 1.24 bits per heavy atom. The number of pyridine rings is 2. The Labute approximate surface area is 146 Å². The van der Waals surface area contributed by atoms with Crippen LogP contribution in [0.25, 0.3) is 10.9 Å². The molecule has 0 fully saturated rings. The molecule has 0 unspecified atom stereocenters. The summed E-state index contributed by atoms with van der Waals surface area (Å²) in [6.45, 7) is 4.47. The SMILES string of the molecule is Cc1cc(C)c2cc(CCC(=O)NCc3cccnc3)c(=O)[nH]c2c1. The number of aromatic nitrogens is 2. The zero-order chi connectivity index (χ0) is 17.8. The lowest BCUT2D eigenvalue weighted by molar-refractivity contribution is -0.121. The van der Waals surface area contributed by atoms with Crippen molar-refractivity contribution in [3.8, 4) is 0 Å². The number of carbonyl (C=O) groups excluding carboxylic acids is 1. The molecule has 5 heteroatoms. The second kappa shape index (κ2) is 7.30. The summed E-state index contributed by atoms with van der Waals surface area (Å²) < 4.78 is 0. The van der Waals surface area contributed by atoms with Crippen molar-refractivity contribution in [3.63, 3.8) is 0 Å². The summed E-state index contributed by atoms with van der Waals surface area (Å²) in [6.07, 6.45) is 4.11. The highest BCUT2D eigenvalue weighted by Gasteiger charge is 2.08. The lowest BCUT2D eigenvalue weighted by Crippen LogP contribution is -2.24. The summed E-state index contributed by atoms with van der Waals surface area (Å²) in [5.74, 6) is -0.0796. The first kappa shape index (κ1) is 16.9. The Kier molecular flexibility index (Phi) is 4.93. The summed E-state index contributed by atoms with van der Waals surface area (Å²) in [4.78, 5) is 31.2. The van der Waals surface area contributed by atoms with Gasteiger partial charge in [0.15, 0.2) is 0 Å². The van der Waals surface area contributed by atoms with Gasteiger partial charge in [0.05, 0.1) is 0 Å². The zero-order valence-corrected chi connectivity index (χ0v) is 14.4. The number of fused-ring (bicyclic) bond motifs is 1. The third kappa shape index (κ3) is 4.12. The van der Waals surface area contributed by atoms with E-state index in [2.05, 4.69) is 21.4 Å². The zero-order valence-electron chi connectivity index (χ0n) is 14.4. The second-order valence-corrected chi connectivity index (χ2v) is 6.30. The summed E-state index contributed by atoms with van der Waals surface area (Å²) in [7, 11) is 0. The highest BCUT2D eigenvalue weighted by molar-refractivity contribution is 5.83. The maximum absolute atomic E-state index is 12.3. The van der Waals surface area contributed by atoms with Crippen molar-refractivity contribution in [2.24, 2.45) is 0 Å². The van der Waals surface area contributed by atoms with Crippen LogP contribution in [-0.4, -0.2) is 15.9 Å². The maximum atomic E-state index is 12.3. The van der Waals surface area contributed by atoms with Crippen LogP contribution in [-0.2, 0) is 17.8 Å². The van der Waals surface area contributed by atoms with Gasteiger partial charge < -0.3 is 10.3 Å². The van der Waals surface area contributed by atoms with Gasteiger partial charge in [0.2, 0.25) is 5.91 Å². The number of H-pyrrole nitrogens is 1. The van der Waals surface area contributed by atoms with Crippen LogP contribution in [0, 0.1) is 13.8 Å². The molecule has 5 nitrogen and oxygen atoms in total. The molecule has 0 bridgehead atoms. The van der Waals surface area contributed by atoms with Crippen molar-refractivity contribution in [2.45, 2.75) is 33.2 Å². The van der Waals surface area contributed by atoms with E-state index in [1.54, 1.807) is 12.4 Å². The highest BCUT2D eigenvalue weighted by Crippen LogP contribution is 2.18. The number of aromatic amines is 1. The molecular formula is C20H21N3O2. The molecule has 1 amide bonds. The number of hydrogen-bond acceptors (Lipinski definition) is 3. The predicted molar refractivity (Wildman–Crippen MR) is 98.4 cm³/mol. The Morgan fingerprint density at radius 3 is 2.84 bits per heavy atom. The van der Waals surface area contributed by atoms with E-state index >= 15 is 0 Å². The molecule has 0 saturated carbocycles. The molecule has 0 spiro atoms. The summed E-state index contributed by atoms with van der Waals surface area (Å²) in [5.41, 5.74) is 4.53. The lowest BCUT2D eigenvalue weighted by Gasteiger charge is -2.08. The van der Waals surface area contributed by atoms with Gasteiger partial charge >= 0.3 is 0 Å². The summed E-state index contributed by atoms with van der Waals surface area (Å²) in [5, 5.41) is 3.88. The number of carbonyl (C=O) groups is 1. The first-order valence-electron chi connectivity index (χ1n) is 8.31. The van der Waals surface area contributed by atoms with Crippen molar-refractivity contribution >= 4 is 16.8 Å². The van der Waals surface area contributed by atoms with Gasteiger partial charge in [-0.25, -0.2) is 0 Å². The molecule has 0 radical (unpaired) electrons. The number of aryl methyl sites for hydroxylation is 3. The van der Waals surface area contributed by atoms with E-state index < -0.39 is 0 Å². The van der Waals surface area contributed by atoms with Gasteiger partial charge in [-0.05, 0) is 55.2 Å². The molecule has 0 aliphatic rings. The summed E-state index contributed by atoms with van der Waals surface area (Å²) >= 11 is 0. The quantitative estimate of drug-likeness (QED) is 0.753. The minimum atomic E-state index is -0.127. The number of hydrogen-bond donors (Lipinski definition) is 2. The monoisotopic (exact) mass is 335 g/mol. The normalized spacial score (nSPS) is 10.8. The molecule has 2 aromatic heterocycles. The third-order valence-corrected chi connectivity index (χ3v) is 4.22. The van der Waals surface area contributed by atoms with Crippen LogP contribution in [0.5, 0.6) is 0 Å². The van der Waals surface area contributed by atoms with Crippen molar-refractivity contribution in [3.05, 3.63) is 75.3 Å². The Bertz CT molecular complexity index is 962. The van der Waals surface area contributed by atoms with E-state index in [9.17, 15) is 9.59 Å². The molecule has 25 heavy (non-hydrogen) atoms. The number of nitrogens with one attached hydrogen (secondary N) is 2. The van der Waals surface area contributed by atoms with Crippen molar-refractivity contribution in [1.82, 2.24) is 15.3 Å².